The average Bonchev–Trinajstić information content (AvgIpc) is 2.61. The molecular weight excluding hydrogens is 347 g/mol. The number of hydrogen-bond acceptors (Lipinski definition) is 3. The minimum Gasteiger partial charge on any atom is -0.497 e. The number of aromatic amines is 1. The molecule has 0 fully saturated rings. The number of rotatable bonds is 4. The average molecular weight is 361 g/mol. The quantitative estimate of drug-likeness (QED) is 0.750. The van der Waals surface area contributed by atoms with Crippen molar-refractivity contribution in [2.24, 2.45) is 0 Å². The van der Waals surface area contributed by atoms with Gasteiger partial charge in [0.1, 0.15) is 17.1 Å². The van der Waals surface area contributed by atoms with Crippen LogP contribution >= 0.6 is 11.6 Å². The first-order valence-electron chi connectivity index (χ1n) is 7.41. The smallest absolute Gasteiger partial charge is 0.261 e. The molecule has 0 aliphatic carbocycles. The van der Waals surface area contributed by atoms with Crippen molar-refractivity contribution in [3.05, 3.63) is 74.8 Å². The van der Waals surface area contributed by atoms with Gasteiger partial charge in [0.15, 0.2) is 0 Å². The largest absolute Gasteiger partial charge is 0.497 e. The molecule has 25 heavy (non-hydrogen) atoms. The molecule has 0 aliphatic heterocycles. The Hall–Kier alpha value is -2.86. The van der Waals surface area contributed by atoms with Gasteiger partial charge in [-0.05, 0) is 48.0 Å². The zero-order chi connectivity index (χ0) is 18.0. The molecule has 1 heterocycles. The molecule has 128 valence electrons. The highest BCUT2D eigenvalue weighted by atomic mass is 35.5. The second-order valence-corrected chi connectivity index (χ2v) is 5.79. The van der Waals surface area contributed by atoms with Crippen LogP contribution in [0.2, 0.25) is 5.02 Å². The number of pyridine rings is 1. The maximum absolute atomic E-state index is 13.3. The Labute approximate surface area is 147 Å². The standard InChI is InChI=1S/C18H14ClFN2O3/c1-25-13-3-5-16-10(7-13)8-14(18(24)22-16)17(23)21-9-11-6-12(20)2-4-15(11)19/h2-8H,9H2,1H3,(H,21,23)(H,22,24). The molecular formula is C18H14ClFN2O3. The second kappa shape index (κ2) is 6.94. The van der Waals surface area contributed by atoms with E-state index in [1.54, 1.807) is 18.2 Å². The van der Waals surface area contributed by atoms with Crippen molar-refractivity contribution in [2.45, 2.75) is 6.54 Å². The summed E-state index contributed by atoms with van der Waals surface area (Å²) in [5.74, 6) is -0.423. The minimum atomic E-state index is -0.578. The highest BCUT2D eigenvalue weighted by Gasteiger charge is 2.13. The van der Waals surface area contributed by atoms with Gasteiger partial charge in [-0.1, -0.05) is 11.6 Å². The van der Waals surface area contributed by atoms with Gasteiger partial charge in [0, 0.05) is 22.5 Å². The third-order valence-electron chi connectivity index (χ3n) is 3.74. The lowest BCUT2D eigenvalue weighted by molar-refractivity contribution is 0.0949. The van der Waals surface area contributed by atoms with E-state index in [1.165, 1.54) is 31.4 Å². The third kappa shape index (κ3) is 3.64. The summed E-state index contributed by atoms with van der Waals surface area (Å²) >= 11 is 5.97. The Kier molecular flexibility index (Phi) is 4.72. The Bertz CT molecular complexity index is 1020. The van der Waals surface area contributed by atoms with Crippen LogP contribution in [0.1, 0.15) is 15.9 Å². The third-order valence-corrected chi connectivity index (χ3v) is 4.11. The van der Waals surface area contributed by atoms with E-state index in [2.05, 4.69) is 10.3 Å². The summed E-state index contributed by atoms with van der Waals surface area (Å²) in [4.78, 5) is 27.1. The fraction of sp³-hybridized carbons (Fsp3) is 0.111. The number of benzene rings is 2. The Morgan fingerprint density at radius 3 is 2.80 bits per heavy atom. The van der Waals surface area contributed by atoms with Crippen LogP contribution in [-0.4, -0.2) is 18.0 Å². The molecule has 1 amide bonds. The summed E-state index contributed by atoms with van der Waals surface area (Å²) in [6.45, 7) is 0.00497. The number of ether oxygens (including phenoxy) is 1. The van der Waals surface area contributed by atoms with Crippen molar-refractivity contribution in [3.8, 4) is 5.75 Å². The maximum Gasteiger partial charge on any atom is 0.261 e. The van der Waals surface area contributed by atoms with E-state index < -0.39 is 17.3 Å². The van der Waals surface area contributed by atoms with Crippen molar-refractivity contribution in [1.29, 1.82) is 0 Å². The Morgan fingerprint density at radius 2 is 2.04 bits per heavy atom. The van der Waals surface area contributed by atoms with Crippen molar-refractivity contribution >= 4 is 28.4 Å². The monoisotopic (exact) mass is 360 g/mol. The van der Waals surface area contributed by atoms with E-state index in [0.717, 1.165) is 0 Å². The van der Waals surface area contributed by atoms with Gasteiger partial charge in [-0.2, -0.15) is 0 Å². The molecule has 1 aromatic heterocycles. The number of H-pyrrole nitrogens is 1. The molecule has 3 aromatic rings. The highest BCUT2D eigenvalue weighted by molar-refractivity contribution is 6.31. The zero-order valence-electron chi connectivity index (χ0n) is 13.2. The van der Waals surface area contributed by atoms with Crippen LogP contribution in [-0.2, 0) is 6.54 Å². The fourth-order valence-corrected chi connectivity index (χ4v) is 2.61. The molecule has 2 N–H and O–H groups in total. The molecule has 3 rings (SSSR count). The van der Waals surface area contributed by atoms with Gasteiger partial charge in [0.05, 0.1) is 7.11 Å². The lowest BCUT2D eigenvalue weighted by atomic mass is 10.1. The SMILES string of the molecule is COc1ccc2[nH]c(=O)c(C(=O)NCc3cc(F)ccc3Cl)cc2c1. The van der Waals surface area contributed by atoms with E-state index >= 15 is 0 Å². The number of hydrogen-bond donors (Lipinski definition) is 2. The van der Waals surface area contributed by atoms with Crippen LogP contribution < -0.4 is 15.6 Å². The van der Waals surface area contributed by atoms with Crippen LogP contribution in [0.25, 0.3) is 10.9 Å². The number of carbonyl (C=O) groups is 1. The van der Waals surface area contributed by atoms with Gasteiger partial charge in [-0.25, -0.2) is 4.39 Å². The lowest BCUT2D eigenvalue weighted by Gasteiger charge is -2.08. The molecule has 0 aliphatic rings. The first-order valence-corrected chi connectivity index (χ1v) is 7.79. The number of fused-ring (bicyclic) bond motifs is 1. The molecule has 5 nitrogen and oxygen atoms in total. The van der Waals surface area contributed by atoms with E-state index in [9.17, 15) is 14.0 Å². The van der Waals surface area contributed by atoms with Gasteiger partial charge in [0.2, 0.25) is 0 Å². The second-order valence-electron chi connectivity index (χ2n) is 5.38. The summed E-state index contributed by atoms with van der Waals surface area (Å²) in [6, 6.07) is 10.5. The summed E-state index contributed by atoms with van der Waals surface area (Å²) < 4.78 is 18.4. The Balaban J connectivity index is 1.87. The number of aromatic nitrogens is 1. The normalized spacial score (nSPS) is 10.7. The van der Waals surface area contributed by atoms with Gasteiger partial charge < -0.3 is 15.0 Å². The zero-order valence-corrected chi connectivity index (χ0v) is 14.0. The number of amides is 1. The number of halogens is 2. The molecule has 0 atom stereocenters. The molecule has 0 bridgehead atoms. The van der Waals surface area contributed by atoms with Gasteiger partial charge in [-0.3, -0.25) is 9.59 Å². The Morgan fingerprint density at radius 1 is 1.24 bits per heavy atom. The predicted octanol–water partition coefficient (Wildman–Crippen LogP) is 3.26. The maximum atomic E-state index is 13.3. The first kappa shape index (κ1) is 17.0. The van der Waals surface area contributed by atoms with Crippen LogP contribution in [0.15, 0.2) is 47.3 Å². The topological polar surface area (TPSA) is 71.2 Å². The molecule has 7 heteroatoms. The first-order chi connectivity index (χ1) is 12.0. The van der Waals surface area contributed by atoms with Crippen molar-refractivity contribution in [3.63, 3.8) is 0 Å². The van der Waals surface area contributed by atoms with E-state index in [0.29, 0.717) is 27.2 Å². The summed E-state index contributed by atoms with van der Waals surface area (Å²) in [6.07, 6.45) is 0. The van der Waals surface area contributed by atoms with Crippen molar-refractivity contribution < 1.29 is 13.9 Å². The minimum absolute atomic E-state index is 0.00497. The molecule has 0 saturated carbocycles. The molecule has 2 aromatic carbocycles. The summed E-state index contributed by atoms with van der Waals surface area (Å²) in [5.41, 5.74) is 0.457. The molecule has 0 radical (unpaired) electrons. The molecule has 0 saturated heterocycles. The highest BCUT2D eigenvalue weighted by Crippen LogP contribution is 2.19. The van der Waals surface area contributed by atoms with Crippen LogP contribution in [0, 0.1) is 5.82 Å². The number of nitrogens with one attached hydrogen (secondary N) is 2. The van der Waals surface area contributed by atoms with Crippen molar-refractivity contribution in [2.75, 3.05) is 7.11 Å². The van der Waals surface area contributed by atoms with Gasteiger partial charge in [-0.15, -0.1) is 0 Å². The molecule has 0 unspecified atom stereocenters. The fourth-order valence-electron chi connectivity index (χ4n) is 2.43. The number of methoxy groups -OCH3 is 1. The number of carbonyl (C=O) groups excluding carboxylic acids is 1. The van der Waals surface area contributed by atoms with E-state index in [-0.39, 0.29) is 12.1 Å². The summed E-state index contributed by atoms with van der Waals surface area (Å²) in [5, 5.41) is 3.57. The summed E-state index contributed by atoms with van der Waals surface area (Å²) in [7, 11) is 1.53. The van der Waals surface area contributed by atoms with Crippen molar-refractivity contribution in [1.82, 2.24) is 10.3 Å². The van der Waals surface area contributed by atoms with E-state index in [4.69, 9.17) is 16.3 Å². The van der Waals surface area contributed by atoms with Crippen LogP contribution in [0.5, 0.6) is 5.75 Å². The van der Waals surface area contributed by atoms with Gasteiger partial charge in [0.25, 0.3) is 11.5 Å². The molecule has 0 spiro atoms. The van der Waals surface area contributed by atoms with E-state index in [1.807, 2.05) is 0 Å². The lowest BCUT2D eigenvalue weighted by Crippen LogP contribution is -2.29. The van der Waals surface area contributed by atoms with Gasteiger partial charge >= 0.3 is 0 Å². The van der Waals surface area contributed by atoms with Crippen LogP contribution in [0.3, 0.4) is 0 Å². The predicted molar refractivity (Wildman–Crippen MR) is 93.7 cm³/mol. The van der Waals surface area contributed by atoms with Crippen LogP contribution in [0.4, 0.5) is 4.39 Å².